The quantitative estimate of drug-likeness (QED) is 0.0574. The van der Waals surface area contributed by atoms with Crippen LogP contribution in [0.15, 0.2) is 12.2 Å². The number of unbranched alkanes of at least 4 members (excludes halogenated alkanes) is 9. The first-order chi connectivity index (χ1) is 16.8. The molecule has 0 bridgehead atoms. The zero-order valence-electron chi connectivity index (χ0n) is 22.0. The molecule has 4 N–H and O–H groups in total. The number of rotatable bonds is 21. The SMILES string of the molecule is CCOC(=O)/C=C/CP(=O)(OCC)OCC.O=P(O)(O)CCCCCCCCCCCCP(=O)(O)O. The molecule has 0 aliphatic carbocycles. The molecule has 0 radical (unpaired) electrons. The van der Waals surface area contributed by atoms with Gasteiger partial charge in [-0.25, -0.2) is 4.79 Å². The lowest BCUT2D eigenvalue weighted by atomic mass is 10.1. The molecule has 0 aliphatic heterocycles. The molecule has 0 atom stereocenters. The van der Waals surface area contributed by atoms with Crippen molar-refractivity contribution in [2.24, 2.45) is 0 Å². The second-order valence-corrected chi connectivity index (χ2v) is 13.8. The number of allylic oxidation sites excluding steroid dienone is 1. The Labute approximate surface area is 216 Å². The third kappa shape index (κ3) is 29.9. The fourth-order valence-corrected chi connectivity index (χ4v) is 5.76. The van der Waals surface area contributed by atoms with Crippen molar-refractivity contribution in [3.63, 3.8) is 0 Å². The van der Waals surface area contributed by atoms with Gasteiger partial charge in [0.2, 0.25) is 0 Å². The Morgan fingerprint density at radius 1 is 0.639 bits per heavy atom. The van der Waals surface area contributed by atoms with Gasteiger partial charge in [-0.2, -0.15) is 0 Å². The summed E-state index contributed by atoms with van der Waals surface area (Å²) in [5.74, 6) is -0.456. The average molecular weight is 581 g/mol. The van der Waals surface area contributed by atoms with Gasteiger partial charge in [-0.05, 0) is 33.6 Å². The molecule has 0 unspecified atom stereocenters. The predicted molar refractivity (Wildman–Crippen MR) is 141 cm³/mol. The van der Waals surface area contributed by atoms with Crippen molar-refractivity contribution in [3.8, 4) is 0 Å². The van der Waals surface area contributed by atoms with E-state index in [1.165, 1.54) is 12.2 Å². The zero-order valence-corrected chi connectivity index (χ0v) is 24.6. The maximum absolute atomic E-state index is 11.9. The van der Waals surface area contributed by atoms with Crippen LogP contribution in [0.3, 0.4) is 0 Å². The van der Waals surface area contributed by atoms with E-state index in [0.717, 1.165) is 51.4 Å². The molecule has 0 aromatic heterocycles. The van der Waals surface area contributed by atoms with E-state index in [1.807, 2.05) is 0 Å². The molecule has 0 rings (SSSR count). The van der Waals surface area contributed by atoms with Crippen LogP contribution in [0.4, 0.5) is 0 Å². The second kappa shape index (κ2) is 22.6. The molecule has 0 fully saturated rings. The van der Waals surface area contributed by atoms with Crippen molar-refractivity contribution >= 4 is 28.8 Å². The Morgan fingerprint density at radius 3 is 1.31 bits per heavy atom. The molecule has 0 saturated carbocycles. The van der Waals surface area contributed by atoms with Crippen LogP contribution < -0.4 is 0 Å². The van der Waals surface area contributed by atoms with Gasteiger partial charge in [-0.3, -0.25) is 13.7 Å². The van der Waals surface area contributed by atoms with E-state index in [-0.39, 0.29) is 18.5 Å². The summed E-state index contributed by atoms with van der Waals surface area (Å²) < 4.78 is 47.9. The van der Waals surface area contributed by atoms with Crippen LogP contribution in [0.2, 0.25) is 0 Å². The highest BCUT2D eigenvalue weighted by Crippen LogP contribution is 2.47. The van der Waals surface area contributed by atoms with Gasteiger partial charge in [0.05, 0.1) is 26.0 Å². The summed E-state index contributed by atoms with van der Waals surface area (Å²) in [4.78, 5) is 45.7. The van der Waals surface area contributed by atoms with Crippen LogP contribution in [0, 0.1) is 0 Å². The van der Waals surface area contributed by atoms with E-state index in [2.05, 4.69) is 4.74 Å². The number of ether oxygens (including phenoxy) is 1. The minimum absolute atomic E-state index is 0.00737. The van der Waals surface area contributed by atoms with Crippen molar-refractivity contribution in [1.82, 2.24) is 0 Å². The van der Waals surface area contributed by atoms with Crippen LogP contribution in [0.5, 0.6) is 0 Å². The van der Waals surface area contributed by atoms with Crippen LogP contribution in [0.25, 0.3) is 0 Å². The monoisotopic (exact) mass is 580 g/mol. The standard InChI is InChI=1S/C12H28O6P2.C10H19O5P/c13-19(14,15)11-9-7-5-3-1-2-4-6-8-10-12-20(16,17)18;1-4-13-10(11)8-7-9-16(12,14-5-2)15-6-3/h1-12H2,(H2,13,14,15)(H2,16,17,18);7-8H,4-6,9H2,1-3H3/b;8-7+. The minimum atomic E-state index is -3.81. The Kier molecular flexibility index (Phi) is 23.8. The first kappa shape index (κ1) is 37.8. The third-order valence-electron chi connectivity index (χ3n) is 4.67. The van der Waals surface area contributed by atoms with Crippen molar-refractivity contribution in [3.05, 3.63) is 12.2 Å². The van der Waals surface area contributed by atoms with E-state index in [1.54, 1.807) is 20.8 Å². The maximum atomic E-state index is 11.9. The van der Waals surface area contributed by atoms with Crippen molar-refractivity contribution in [2.75, 3.05) is 38.3 Å². The van der Waals surface area contributed by atoms with E-state index in [9.17, 15) is 18.5 Å². The molecule has 0 amide bonds. The smallest absolute Gasteiger partial charge is 0.334 e. The van der Waals surface area contributed by atoms with Gasteiger partial charge in [0.1, 0.15) is 0 Å². The molecule has 0 spiro atoms. The fraction of sp³-hybridized carbons (Fsp3) is 0.864. The van der Waals surface area contributed by atoms with Crippen molar-refractivity contribution < 1.29 is 51.8 Å². The number of carbonyl (C=O) groups excluding carboxylic acids is 1. The minimum Gasteiger partial charge on any atom is -0.463 e. The van der Waals surface area contributed by atoms with Gasteiger partial charge >= 0.3 is 28.8 Å². The van der Waals surface area contributed by atoms with Crippen molar-refractivity contribution in [2.45, 2.75) is 85.0 Å². The normalized spacial score (nSPS) is 12.4. The summed E-state index contributed by atoms with van der Waals surface area (Å²) in [6, 6.07) is 0. The van der Waals surface area contributed by atoms with Gasteiger partial charge < -0.3 is 33.4 Å². The molecule has 0 aromatic rings. The molecule has 14 heteroatoms. The molecular weight excluding hydrogens is 533 g/mol. The van der Waals surface area contributed by atoms with Gasteiger partial charge in [-0.1, -0.05) is 57.4 Å². The largest absolute Gasteiger partial charge is 0.463 e. The summed E-state index contributed by atoms with van der Waals surface area (Å²) in [5.41, 5.74) is 0. The lowest BCUT2D eigenvalue weighted by molar-refractivity contribution is -0.137. The second-order valence-electron chi connectivity index (χ2n) is 8.10. The van der Waals surface area contributed by atoms with Gasteiger partial charge in [0.25, 0.3) is 0 Å². The summed E-state index contributed by atoms with van der Waals surface area (Å²) in [6.07, 6.45) is 12.1. The van der Waals surface area contributed by atoms with Gasteiger partial charge in [0, 0.05) is 18.4 Å². The molecular formula is C22H47O11P3. The zero-order chi connectivity index (χ0) is 27.9. The highest BCUT2D eigenvalue weighted by Gasteiger charge is 2.21. The molecule has 0 aromatic carbocycles. The van der Waals surface area contributed by atoms with Crippen LogP contribution in [-0.2, 0) is 32.3 Å². The molecule has 0 aliphatic rings. The Morgan fingerprint density at radius 2 is 1.00 bits per heavy atom. The Bertz CT molecular complexity index is 674. The average Bonchev–Trinajstić information content (AvgIpc) is 2.74. The number of hydrogen-bond donors (Lipinski definition) is 4. The summed E-state index contributed by atoms with van der Waals surface area (Å²) >= 11 is 0. The number of hydrogen-bond acceptors (Lipinski definition) is 7. The molecule has 36 heavy (non-hydrogen) atoms. The lowest BCUT2D eigenvalue weighted by Gasteiger charge is -2.14. The highest BCUT2D eigenvalue weighted by atomic mass is 31.2. The summed E-state index contributed by atoms with van der Waals surface area (Å²) in [5, 5.41) is 0. The van der Waals surface area contributed by atoms with E-state index in [4.69, 9.17) is 28.6 Å². The van der Waals surface area contributed by atoms with Crippen LogP contribution in [-0.4, -0.2) is 63.8 Å². The van der Waals surface area contributed by atoms with E-state index >= 15 is 0 Å². The summed E-state index contributed by atoms with van der Waals surface area (Å²) in [6.45, 7) is 6.13. The third-order valence-corrected chi connectivity index (χ3v) is 8.43. The molecule has 0 heterocycles. The Balaban J connectivity index is 0. The Hall–Kier alpha value is -0.340. The topological polar surface area (TPSA) is 177 Å². The van der Waals surface area contributed by atoms with Crippen molar-refractivity contribution in [1.29, 1.82) is 0 Å². The van der Waals surface area contributed by atoms with Crippen LogP contribution in [0.1, 0.15) is 85.0 Å². The van der Waals surface area contributed by atoms with Crippen LogP contribution >= 0.6 is 22.8 Å². The van der Waals surface area contributed by atoms with E-state index in [0.29, 0.717) is 32.7 Å². The fourth-order valence-electron chi connectivity index (χ4n) is 3.05. The molecule has 11 nitrogen and oxygen atoms in total. The predicted octanol–water partition coefficient (Wildman–Crippen LogP) is 5.61. The number of carbonyl (C=O) groups is 1. The highest BCUT2D eigenvalue weighted by molar-refractivity contribution is 7.54. The lowest BCUT2D eigenvalue weighted by Crippen LogP contribution is -2.01. The van der Waals surface area contributed by atoms with Gasteiger partial charge in [-0.15, -0.1) is 0 Å². The van der Waals surface area contributed by atoms with Gasteiger partial charge in [0.15, 0.2) is 0 Å². The molecule has 216 valence electrons. The maximum Gasteiger partial charge on any atom is 0.334 e. The first-order valence-electron chi connectivity index (χ1n) is 12.6. The molecule has 0 saturated heterocycles. The van der Waals surface area contributed by atoms with E-state index < -0.39 is 28.8 Å². The number of esters is 1. The first-order valence-corrected chi connectivity index (χ1v) is 17.9. The summed E-state index contributed by atoms with van der Waals surface area (Å²) in [7, 11) is -10.7.